The second kappa shape index (κ2) is 6.96. The fourth-order valence-electron chi connectivity index (χ4n) is 2.15. The van der Waals surface area contributed by atoms with Gasteiger partial charge in [-0.15, -0.1) is 0 Å². The van der Waals surface area contributed by atoms with Crippen LogP contribution in [0.4, 0.5) is 13.2 Å². The predicted octanol–water partition coefficient (Wildman–Crippen LogP) is 4.85. The molecule has 0 saturated carbocycles. The summed E-state index contributed by atoms with van der Waals surface area (Å²) in [6.45, 7) is 2.51. The van der Waals surface area contributed by atoms with Crippen LogP contribution in [0.2, 0.25) is 5.02 Å². The summed E-state index contributed by atoms with van der Waals surface area (Å²) >= 11 is 5.90. The van der Waals surface area contributed by atoms with Crippen LogP contribution in [0.25, 0.3) is 0 Å². The van der Waals surface area contributed by atoms with Gasteiger partial charge in [0.15, 0.2) is 0 Å². The Labute approximate surface area is 126 Å². The molecule has 2 aromatic carbocycles. The van der Waals surface area contributed by atoms with Crippen molar-refractivity contribution >= 4 is 11.6 Å². The molecule has 0 radical (unpaired) electrons. The van der Waals surface area contributed by atoms with Gasteiger partial charge in [0.25, 0.3) is 0 Å². The van der Waals surface area contributed by atoms with Crippen LogP contribution in [-0.4, -0.2) is 6.54 Å². The highest BCUT2D eigenvalue weighted by molar-refractivity contribution is 6.30. The molecule has 5 heteroatoms. The summed E-state index contributed by atoms with van der Waals surface area (Å²) in [5, 5.41) is 3.43. The smallest absolute Gasteiger partial charge is 0.131 e. The third-order valence-corrected chi connectivity index (χ3v) is 3.38. The Morgan fingerprint density at radius 3 is 2.43 bits per heavy atom. The van der Waals surface area contributed by atoms with E-state index in [-0.39, 0.29) is 11.1 Å². The molecule has 0 aliphatic carbocycles. The van der Waals surface area contributed by atoms with Crippen LogP contribution < -0.4 is 5.32 Å². The minimum absolute atomic E-state index is 0.186. The van der Waals surface area contributed by atoms with Gasteiger partial charge in [-0.1, -0.05) is 24.6 Å². The quantitative estimate of drug-likeness (QED) is 0.832. The van der Waals surface area contributed by atoms with Crippen molar-refractivity contribution in [2.24, 2.45) is 0 Å². The van der Waals surface area contributed by atoms with Crippen LogP contribution in [0.5, 0.6) is 0 Å². The van der Waals surface area contributed by atoms with Crippen molar-refractivity contribution in [3.8, 4) is 0 Å². The van der Waals surface area contributed by atoms with Crippen LogP contribution >= 0.6 is 11.6 Å². The lowest BCUT2D eigenvalue weighted by Crippen LogP contribution is -2.25. The highest BCUT2D eigenvalue weighted by atomic mass is 35.5. The van der Waals surface area contributed by atoms with E-state index in [0.29, 0.717) is 11.6 Å². The molecule has 0 aliphatic heterocycles. The molecule has 0 aliphatic rings. The number of rotatable bonds is 5. The molecule has 1 N–H and O–H groups in total. The molecule has 0 saturated heterocycles. The molecule has 1 atom stereocenters. The van der Waals surface area contributed by atoms with Gasteiger partial charge in [-0.25, -0.2) is 13.2 Å². The second-order valence-electron chi connectivity index (χ2n) is 4.72. The lowest BCUT2D eigenvalue weighted by Gasteiger charge is -2.21. The van der Waals surface area contributed by atoms with Crippen molar-refractivity contribution < 1.29 is 13.2 Å². The van der Waals surface area contributed by atoms with Crippen molar-refractivity contribution in [2.75, 3.05) is 6.54 Å². The van der Waals surface area contributed by atoms with E-state index < -0.39 is 23.5 Å². The summed E-state index contributed by atoms with van der Waals surface area (Å²) in [6.07, 6.45) is 0.793. The van der Waals surface area contributed by atoms with Crippen molar-refractivity contribution in [1.29, 1.82) is 0 Å². The van der Waals surface area contributed by atoms with Gasteiger partial charge in [-0.3, -0.25) is 0 Å². The van der Waals surface area contributed by atoms with Crippen molar-refractivity contribution in [2.45, 2.75) is 19.4 Å². The SMILES string of the molecule is CCCNC(c1ccc(F)cc1F)c1cc(Cl)ccc1F. The predicted molar refractivity (Wildman–Crippen MR) is 77.9 cm³/mol. The topological polar surface area (TPSA) is 12.0 Å². The van der Waals surface area contributed by atoms with E-state index in [1.54, 1.807) is 0 Å². The van der Waals surface area contributed by atoms with Gasteiger partial charge in [-0.2, -0.15) is 0 Å². The van der Waals surface area contributed by atoms with Gasteiger partial charge in [0, 0.05) is 22.2 Å². The number of hydrogen-bond acceptors (Lipinski definition) is 1. The summed E-state index contributed by atoms with van der Waals surface area (Å²) in [4.78, 5) is 0. The summed E-state index contributed by atoms with van der Waals surface area (Å²) in [6, 6.07) is 6.66. The molecule has 0 amide bonds. The van der Waals surface area contributed by atoms with E-state index in [1.807, 2.05) is 6.92 Å². The van der Waals surface area contributed by atoms with Crippen molar-refractivity contribution in [1.82, 2.24) is 5.32 Å². The average molecular weight is 314 g/mol. The van der Waals surface area contributed by atoms with E-state index in [2.05, 4.69) is 5.32 Å². The summed E-state index contributed by atoms with van der Waals surface area (Å²) in [7, 11) is 0. The standard InChI is InChI=1S/C16H15ClF3N/c1-2-7-21-16(12-5-4-11(18)9-15(12)20)13-8-10(17)3-6-14(13)19/h3-6,8-9,16,21H,2,7H2,1H3. The Balaban J connectivity index is 2.49. The molecule has 21 heavy (non-hydrogen) atoms. The zero-order valence-corrected chi connectivity index (χ0v) is 12.2. The van der Waals surface area contributed by atoms with E-state index in [1.165, 1.54) is 24.3 Å². The maximum Gasteiger partial charge on any atom is 0.131 e. The van der Waals surface area contributed by atoms with E-state index in [4.69, 9.17) is 11.6 Å². The lowest BCUT2D eigenvalue weighted by atomic mass is 9.97. The first-order valence-electron chi connectivity index (χ1n) is 6.66. The minimum Gasteiger partial charge on any atom is -0.306 e. The van der Waals surface area contributed by atoms with Gasteiger partial charge in [0.1, 0.15) is 17.5 Å². The molecule has 0 spiro atoms. The second-order valence-corrected chi connectivity index (χ2v) is 5.16. The molecule has 0 bridgehead atoms. The zero-order valence-electron chi connectivity index (χ0n) is 11.5. The zero-order chi connectivity index (χ0) is 15.4. The fourth-order valence-corrected chi connectivity index (χ4v) is 2.33. The van der Waals surface area contributed by atoms with Gasteiger partial charge in [-0.05, 0) is 37.2 Å². The molecule has 2 rings (SSSR count). The summed E-state index contributed by atoms with van der Waals surface area (Å²) in [5.74, 6) is -1.88. The van der Waals surface area contributed by atoms with Crippen LogP contribution in [0, 0.1) is 17.5 Å². The lowest BCUT2D eigenvalue weighted by molar-refractivity contribution is 0.513. The molecular formula is C16H15ClF3N. The maximum atomic E-state index is 14.0. The fraction of sp³-hybridized carbons (Fsp3) is 0.250. The monoisotopic (exact) mass is 313 g/mol. The third kappa shape index (κ3) is 3.77. The molecule has 112 valence electrons. The highest BCUT2D eigenvalue weighted by Gasteiger charge is 2.21. The highest BCUT2D eigenvalue weighted by Crippen LogP contribution is 2.29. The Kier molecular flexibility index (Phi) is 5.26. The minimum atomic E-state index is -0.719. The average Bonchev–Trinajstić information content (AvgIpc) is 2.44. The Bertz CT molecular complexity index is 631. The molecule has 0 heterocycles. The first-order chi connectivity index (χ1) is 10.0. The third-order valence-electron chi connectivity index (χ3n) is 3.14. The van der Waals surface area contributed by atoms with Gasteiger partial charge in [0.2, 0.25) is 0 Å². The van der Waals surface area contributed by atoms with Gasteiger partial charge >= 0.3 is 0 Å². The summed E-state index contributed by atoms with van der Waals surface area (Å²) < 4.78 is 41.1. The molecule has 1 unspecified atom stereocenters. The Hall–Kier alpha value is -1.52. The van der Waals surface area contributed by atoms with E-state index >= 15 is 0 Å². The maximum absolute atomic E-state index is 14.0. The van der Waals surface area contributed by atoms with E-state index in [0.717, 1.165) is 18.6 Å². The van der Waals surface area contributed by atoms with Crippen LogP contribution in [0.3, 0.4) is 0 Å². The number of halogens is 4. The number of nitrogens with one attached hydrogen (secondary N) is 1. The van der Waals surface area contributed by atoms with Crippen LogP contribution in [-0.2, 0) is 0 Å². The molecule has 1 nitrogen and oxygen atoms in total. The molecular weight excluding hydrogens is 299 g/mol. The number of benzene rings is 2. The normalized spacial score (nSPS) is 12.4. The van der Waals surface area contributed by atoms with Crippen molar-refractivity contribution in [3.05, 3.63) is 70.0 Å². The largest absolute Gasteiger partial charge is 0.306 e. The first-order valence-corrected chi connectivity index (χ1v) is 7.04. The van der Waals surface area contributed by atoms with Gasteiger partial charge < -0.3 is 5.32 Å². The number of hydrogen-bond donors (Lipinski definition) is 1. The Morgan fingerprint density at radius 1 is 1.00 bits per heavy atom. The van der Waals surface area contributed by atoms with Gasteiger partial charge in [0.05, 0.1) is 6.04 Å². The molecule has 0 aromatic heterocycles. The van der Waals surface area contributed by atoms with Crippen molar-refractivity contribution in [3.63, 3.8) is 0 Å². The van der Waals surface area contributed by atoms with E-state index in [9.17, 15) is 13.2 Å². The molecule has 2 aromatic rings. The Morgan fingerprint density at radius 2 is 1.76 bits per heavy atom. The molecule has 0 fully saturated rings. The van der Waals surface area contributed by atoms with Crippen LogP contribution in [0.15, 0.2) is 36.4 Å². The van der Waals surface area contributed by atoms with Crippen LogP contribution in [0.1, 0.15) is 30.5 Å². The summed E-state index contributed by atoms with van der Waals surface area (Å²) in [5.41, 5.74) is 0.424. The first kappa shape index (κ1) is 15.9.